The Morgan fingerprint density at radius 3 is 2.52 bits per heavy atom. The van der Waals surface area contributed by atoms with E-state index in [-0.39, 0.29) is 28.2 Å². The highest BCUT2D eigenvalue weighted by molar-refractivity contribution is 6.34. The second-order valence-electron chi connectivity index (χ2n) is 5.62. The van der Waals surface area contributed by atoms with Gasteiger partial charge in [-0.1, -0.05) is 38.3 Å². The molecule has 0 saturated carbocycles. The highest BCUT2D eigenvalue weighted by atomic mass is 35.5. The highest BCUT2D eigenvalue weighted by Crippen LogP contribution is 2.22. The van der Waals surface area contributed by atoms with Gasteiger partial charge in [0.2, 0.25) is 0 Å². The highest BCUT2D eigenvalue weighted by Gasteiger charge is 2.16. The minimum Gasteiger partial charge on any atom is -0.350 e. The molecule has 0 spiro atoms. The molecule has 0 bridgehead atoms. The number of carbonyl (C=O) groups excluding carboxylic acids is 1. The van der Waals surface area contributed by atoms with Crippen molar-refractivity contribution in [2.75, 3.05) is 0 Å². The number of halogens is 1. The predicted octanol–water partition coefficient (Wildman–Crippen LogP) is 4.19. The first kappa shape index (κ1) is 17.4. The van der Waals surface area contributed by atoms with Crippen LogP contribution in [0.2, 0.25) is 5.02 Å². The second kappa shape index (κ2) is 7.98. The summed E-state index contributed by atoms with van der Waals surface area (Å²) in [6, 6.07) is 3.91. The minimum atomic E-state index is -0.540. The van der Waals surface area contributed by atoms with E-state index < -0.39 is 4.92 Å². The van der Waals surface area contributed by atoms with Crippen molar-refractivity contribution in [3.05, 3.63) is 38.9 Å². The molecule has 0 aliphatic carbocycles. The molecule has 6 heteroatoms. The zero-order chi connectivity index (χ0) is 16.0. The fraction of sp³-hybridized carbons (Fsp3) is 0.533. The number of nitrogens with one attached hydrogen (secondary N) is 1. The van der Waals surface area contributed by atoms with Gasteiger partial charge in [0, 0.05) is 18.2 Å². The molecule has 5 nitrogen and oxygen atoms in total. The lowest BCUT2D eigenvalue weighted by atomic mass is 10.0. The molecule has 0 heterocycles. The Labute approximate surface area is 129 Å². The Morgan fingerprint density at radius 1 is 1.33 bits per heavy atom. The molecule has 0 fully saturated rings. The Hall–Kier alpha value is -1.62. The van der Waals surface area contributed by atoms with Crippen molar-refractivity contribution in [1.82, 2.24) is 5.32 Å². The summed E-state index contributed by atoms with van der Waals surface area (Å²) >= 11 is 5.93. The SMILES string of the molecule is CC(C)CCCC(C)NC(=O)c1ccc([N+](=O)[O-])cc1Cl. The fourth-order valence-corrected chi connectivity index (χ4v) is 2.27. The number of hydrogen-bond acceptors (Lipinski definition) is 3. The molecule has 1 N–H and O–H groups in total. The molecule has 1 atom stereocenters. The van der Waals surface area contributed by atoms with Crippen molar-refractivity contribution >= 4 is 23.2 Å². The van der Waals surface area contributed by atoms with Gasteiger partial charge in [-0.15, -0.1) is 0 Å². The quantitative estimate of drug-likeness (QED) is 0.606. The smallest absolute Gasteiger partial charge is 0.270 e. The van der Waals surface area contributed by atoms with E-state index in [1.807, 2.05) is 6.92 Å². The van der Waals surface area contributed by atoms with Crippen LogP contribution in [0.5, 0.6) is 0 Å². The van der Waals surface area contributed by atoms with Crippen molar-refractivity contribution in [3.63, 3.8) is 0 Å². The molecule has 1 rings (SSSR count). The summed E-state index contributed by atoms with van der Waals surface area (Å²) in [7, 11) is 0. The van der Waals surface area contributed by atoms with E-state index in [4.69, 9.17) is 11.6 Å². The van der Waals surface area contributed by atoms with Crippen LogP contribution in [0.1, 0.15) is 50.4 Å². The molecule has 0 aliphatic heterocycles. The molecule has 1 amide bonds. The zero-order valence-electron chi connectivity index (χ0n) is 12.6. The summed E-state index contributed by atoms with van der Waals surface area (Å²) in [5.41, 5.74) is 0.138. The number of amides is 1. The van der Waals surface area contributed by atoms with Crippen LogP contribution in [-0.4, -0.2) is 16.9 Å². The van der Waals surface area contributed by atoms with Gasteiger partial charge in [0.25, 0.3) is 11.6 Å². The molecule has 0 radical (unpaired) electrons. The van der Waals surface area contributed by atoms with Crippen molar-refractivity contribution in [3.8, 4) is 0 Å². The standard InChI is InChI=1S/C15H21ClN2O3/c1-10(2)5-4-6-11(3)17-15(19)13-8-7-12(18(20)21)9-14(13)16/h7-11H,4-6H2,1-3H3,(H,17,19). The van der Waals surface area contributed by atoms with E-state index in [1.165, 1.54) is 18.2 Å². The lowest BCUT2D eigenvalue weighted by Gasteiger charge is -2.15. The van der Waals surface area contributed by atoms with Gasteiger partial charge < -0.3 is 5.32 Å². The monoisotopic (exact) mass is 312 g/mol. The molecule has 21 heavy (non-hydrogen) atoms. The summed E-state index contributed by atoms with van der Waals surface area (Å²) in [4.78, 5) is 22.2. The molecule has 116 valence electrons. The normalized spacial score (nSPS) is 12.2. The lowest BCUT2D eigenvalue weighted by molar-refractivity contribution is -0.384. The lowest BCUT2D eigenvalue weighted by Crippen LogP contribution is -2.32. The predicted molar refractivity (Wildman–Crippen MR) is 83.7 cm³/mol. The van der Waals surface area contributed by atoms with E-state index in [1.54, 1.807) is 0 Å². The average Bonchev–Trinajstić information content (AvgIpc) is 2.37. The zero-order valence-corrected chi connectivity index (χ0v) is 13.3. The Bertz CT molecular complexity index is 518. The first-order chi connectivity index (χ1) is 9.81. The van der Waals surface area contributed by atoms with Crippen LogP contribution in [0.25, 0.3) is 0 Å². The number of nitro benzene ring substituents is 1. The third kappa shape index (κ3) is 5.71. The Balaban J connectivity index is 2.61. The van der Waals surface area contributed by atoms with E-state index in [2.05, 4.69) is 19.2 Å². The van der Waals surface area contributed by atoms with Gasteiger partial charge in [0.1, 0.15) is 0 Å². The van der Waals surface area contributed by atoms with Crippen molar-refractivity contribution in [2.45, 2.75) is 46.1 Å². The third-order valence-electron chi connectivity index (χ3n) is 3.20. The molecule has 1 aromatic carbocycles. The van der Waals surface area contributed by atoms with Crippen LogP contribution >= 0.6 is 11.6 Å². The molecule has 0 aliphatic rings. The van der Waals surface area contributed by atoms with Crippen LogP contribution in [0, 0.1) is 16.0 Å². The van der Waals surface area contributed by atoms with Gasteiger partial charge in [0.05, 0.1) is 15.5 Å². The largest absolute Gasteiger partial charge is 0.350 e. The maximum atomic E-state index is 12.1. The van der Waals surface area contributed by atoms with E-state index in [0.29, 0.717) is 5.92 Å². The second-order valence-corrected chi connectivity index (χ2v) is 6.03. The van der Waals surface area contributed by atoms with Gasteiger partial charge in [-0.2, -0.15) is 0 Å². The summed E-state index contributed by atoms with van der Waals surface area (Å²) in [6.07, 6.45) is 3.07. The van der Waals surface area contributed by atoms with Crippen LogP contribution in [0.15, 0.2) is 18.2 Å². The molecule has 0 aromatic heterocycles. The number of nitrogens with zero attached hydrogens (tertiary/aromatic N) is 1. The van der Waals surface area contributed by atoms with Crippen LogP contribution in [-0.2, 0) is 0 Å². The van der Waals surface area contributed by atoms with Gasteiger partial charge in [0.15, 0.2) is 0 Å². The average molecular weight is 313 g/mol. The minimum absolute atomic E-state index is 0.0440. The summed E-state index contributed by atoms with van der Waals surface area (Å²) < 4.78 is 0. The molecular weight excluding hydrogens is 292 g/mol. The number of carbonyl (C=O) groups is 1. The van der Waals surface area contributed by atoms with E-state index >= 15 is 0 Å². The molecule has 1 unspecified atom stereocenters. The summed E-state index contributed by atoms with van der Waals surface area (Å²) in [5.74, 6) is 0.351. The Morgan fingerprint density at radius 2 is 2.00 bits per heavy atom. The number of hydrogen-bond donors (Lipinski definition) is 1. The topological polar surface area (TPSA) is 72.2 Å². The third-order valence-corrected chi connectivity index (χ3v) is 3.52. The first-order valence-corrected chi connectivity index (χ1v) is 7.44. The number of non-ortho nitro benzene ring substituents is 1. The summed E-state index contributed by atoms with van der Waals surface area (Å²) in [5, 5.41) is 13.6. The van der Waals surface area contributed by atoms with Crippen LogP contribution in [0.3, 0.4) is 0 Å². The van der Waals surface area contributed by atoms with Gasteiger partial charge in [-0.05, 0) is 25.3 Å². The van der Waals surface area contributed by atoms with Gasteiger partial charge >= 0.3 is 0 Å². The maximum absolute atomic E-state index is 12.1. The van der Waals surface area contributed by atoms with E-state index in [9.17, 15) is 14.9 Å². The van der Waals surface area contributed by atoms with Crippen molar-refractivity contribution in [2.24, 2.45) is 5.92 Å². The molecule has 0 saturated heterocycles. The molecule has 1 aromatic rings. The van der Waals surface area contributed by atoms with Crippen LogP contribution < -0.4 is 5.32 Å². The first-order valence-electron chi connectivity index (χ1n) is 7.06. The van der Waals surface area contributed by atoms with Crippen molar-refractivity contribution in [1.29, 1.82) is 0 Å². The number of nitro groups is 1. The van der Waals surface area contributed by atoms with E-state index in [0.717, 1.165) is 19.3 Å². The van der Waals surface area contributed by atoms with Gasteiger partial charge in [-0.25, -0.2) is 0 Å². The number of rotatable bonds is 7. The Kier molecular flexibility index (Phi) is 6.62. The maximum Gasteiger partial charge on any atom is 0.270 e. The fourth-order valence-electron chi connectivity index (χ4n) is 2.01. The van der Waals surface area contributed by atoms with Gasteiger partial charge in [-0.3, -0.25) is 14.9 Å². The van der Waals surface area contributed by atoms with Crippen molar-refractivity contribution < 1.29 is 9.72 Å². The molecular formula is C15H21ClN2O3. The van der Waals surface area contributed by atoms with Crippen LogP contribution in [0.4, 0.5) is 5.69 Å². The number of benzene rings is 1. The summed E-state index contributed by atoms with van der Waals surface area (Å²) in [6.45, 7) is 6.28.